The van der Waals surface area contributed by atoms with E-state index in [0.717, 1.165) is 19.2 Å². The van der Waals surface area contributed by atoms with Crippen LogP contribution in [0, 0.1) is 23.6 Å². The van der Waals surface area contributed by atoms with Crippen molar-refractivity contribution in [2.24, 2.45) is 35.0 Å². The molecule has 2 heterocycles. The number of rotatable bonds is 5. The second kappa shape index (κ2) is 12.9. The molecule has 2 unspecified atom stereocenters. The minimum Gasteiger partial charge on any atom is -0.398 e. The monoisotopic (exact) mass is 563 g/mol. The number of aliphatic hydroxyl groups is 2. The van der Waals surface area contributed by atoms with E-state index in [1.165, 1.54) is 50.6 Å². The molecule has 2 atom stereocenters. The fourth-order valence-electron chi connectivity index (χ4n) is 6.44. The van der Waals surface area contributed by atoms with Crippen LogP contribution in [0.25, 0.3) is 5.70 Å². The number of halogens is 1. The minimum atomic E-state index is -1.69. The molecule has 1 aliphatic carbocycles. The molecule has 3 fully saturated rings. The van der Waals surface area contributed by atoms with Crippen molar-refractivity contribution >= 4 is 11.6 Å². The van der Waals surface area contributed by atoms with E-state index in [1.807, 2.05) is 4.90 Å². The lowest BCUT2D eigenvalue weighted by Gasteiger charge is -2.50. The molecular weight excluding hydrogens is 513 g/mol. The number of hydrogen-bond acceptors (Lipinski definition) is 8. The molecule has 9 nitrogen and oxygen atoms in total. The number of allylic oxidation sites excluding steroid dienone is 2. The first kappa shape index (κ1) is 33.5. The number of nitrogens with two attached hydrogens (primary N) is 3. The van der Waals surface area contributed by atoms with Crippen molar-refractivity contribution in [2.45, 2.75) is 84.3 Å². The van der Waals surface area contributed by atoms with Gasteiger partial charge in [-0.25, -0.2) is 4.39 Å². The summed E-state index contributed by atoms with van der Waals surface area (Å²) in [4.78, 5) is 13.4. The molecular formula is C30H50FN5O4. The number of hydrogen-bond donors (Lipinski definition) is 6. The average molecular weight is 564 g/mol. The van der Waals surface area contributed by atoms with Gasteiger partial charge >= 0.3 is 0 Å². The van der Waals surface area contributed by atoms with Crippen molar-refractivity contribution in [3.8, 4) is 0 Å². The molecule has 9 N–H and O–H groups in total. The summed E-state index contributed by atoms with van der Waals surface area (Å²) in [5.74, 6) is -1.36. The van der Waals surface area contributed by atoms with E-state index in [1.54, 1.807) is 0 Å². The van der Waals surface area contributed by atoms with Gasteiger partial charge in [-0.3, -0.25) is 9.69 Å². The van der Waals surface area contributed by atoms with Crippen LogP contribution in [0.4, 0.5) is 4.39 Å². The van der Waals surface area contributed by atoms with Crippen molar-refractivity contribution in [2.75, 3.05) is 20.1 Å². The highest BCUT2D eigenvalue weighted by molar-refractivity contribution is 5.94. The van der Waals surface area contributed by atoms with Crippen molar-refractivity contribution in [3.05, 3.63) is 53.1 Å². The zero-order valence-electron chi connectivity index (χ0n) is 23.8. The number of nitrogens with one attached hydrogen (secondary N) is 1. The molecule has 2 aliphatic heterocycles. The highest BCUT2D eigenvalue weighted by Crippen LogP contribution is 2.46. The van der Waals surface area contributed by atoms with Crippen LogP contribution in [0.15, 0.2) is 36.2 Å². The zero-order chi connectivity index (χ0) is 29.2. The third kappa shape index (κ3) is 8.42. The first-order valence-electron chi connectivity index (χ1n) is 13.6. The van der Waals surface area contributed by atoms with Crippen molar-refractivity contribution in [1.82, 2.24) is 10.2 Å². The molecule has 226 valence electrons. The number of carbonyl (C=O) groups excluding carboxylic acids is 1. The third-order valence-electron chi connectivity index (χ3n) is 7.94. The Morgan fingerprint density at radius 2 is 1.55 bits per heavy atom. The van der Waals surface area contributed by atoms with Crippen LogP contribution in [0.3, 0.4) is 0 Å². The summed E-state index contributed by atoms with van der Waals surface area (Å²) in [6, 6.07) is 3.83. The smallest absolute Gasteiger partial charge is 0.251 e. The fraction of sp³-hybridized carbons (Fsp3) is 0.633. The van der Waals surface area contributed by atoms with Crippen LogP contribution < -0.4 is 22.5 Å². The van der Waals surface area contributed by atoms with Gasteiger partial charge in [0.2, 0.25) is 5.91 Å². The Labute approximate surface area is 238 Å². The summed E-state index contributed by atoms with van der Waals surface area (Å²) < 4.78 is 19.4. The highest BCUT2D eigenvalue weighted by Gasteiger charge is 2.53. The van der Waals surface area contributed by atoms with Crippen LogP contribution in [0.2, 0.25) is 0 Å². The van der Waals surface area contributed by atoms with Gasteiger partial charge in [0.25, 0.3) is 5.91 Å². The van der Waals surface area contributed by atoms with Gasteiger partial charge in [-0.1, -0.05) is 13.8 Å². The number of nitrogens with zero attached hydrogens (tertiary/aromatic N) is 1. The fourth-order valence-corrected chi connectivity index (χ4v) is 6.44. The Kier molecular flexibility index (Phi) is 10.8. The lowest BCUT2D eigenvalue weighted by atomic mass is 9.78. The Balaban J connectivity index is 0.000000277. The van der Waals surface area contributed by atoms with Crippen molar-refractivity contribution in [3.63, 3.8) is 0 Å². The molecule has 1 aromatic carbocycles. The van der Waals surface area contributed by atoms with Crippen LogP contribution in [-0.4, -0.2) is 58.3 Å². The summed E-state index contributed by atoms with van der Waals surface area (Å²) in [5.41, 5.74) is 16.4. The van der Waals surface area contributed by atoms with Gasteiger partial charge in [-0.2, -0.15) is 0 Å². The Hall–Kier alpha value is -2.66. The van der Waals surface area contributed by atoms with Gasteiger partial charge in [-0.05, 0) is 95.6 Å². The molecule has 1 aromatic rings. The molecule has 1 saturated carbocycles. The largest absolute Gasteiger partial charge is 0.398 e. The summed E-state index contributed by atoms with van der Waals surface area (Å²) in [7, 11) is 1.46. The Morgan fingerprint density at radius 3 is 2.05 bits per heavy atom. The first-order valence-corrected chi connectivity index (χ1v) is 13.6. The number of ether oxygens (including phenoxy) is 1. The number of fused-ring (bicyclic) bond motifs is 1. The molecule has 1 amide bonds. The molecule has 2 saturated heterocycles. The highest BCUT2D eigenvalue weighted by atomic mass is 19.1. The lowest BCUT2D eigenvalue weighted by Crippen LogP contribution is -2.59. The maximum absolute atomic E-state index is 13.4. The predicted octanol–water partition coefficient (Wildman–Crippen LogP) is 3.22. The van der Waals surface area contributed by atoms with E-state index < -0.39 is 17.6 Å². The molecule has 0 radical (unpaired) electrons. The normalized spacial score (nSPS) is 24.2. The van der Waals surface area contributed by atoms with E-state index in [-0.39, 0.29) is 41.6 Å². The van der Waals surface area contributed by atoms with E-state index in [9.17, 15) is 19.4 Å². The van der Waals surface area contributed by atoms with E-state index in [4.69, 9.17) is 21.9 Å². The lowest BCUT2D eigenvalue weighted by molar-refractivity contribution is -0.323. The quantitative estimate of drug-likeness (QED) is 0.235. The third-order valence-corrected chi connectivity index (χ3v) is 7.94. The number of amides is 1. The van der Waals surface area contributed by atoms with Crippen LogP contribution in [-0.2, 0) is 4.74 Å². The maximum atomic E-state index is 13.4. The molecule has 3 aliphatic rings. The Bertz CT molecular complexity index is 1070. The zero-order valence-corrected chi connectivity index (χ0v) is 23.8. The minimum absolute atomic E-state index is 0. The summed E-state index contributed by atoms with van der Waals surface area (Å²) in [6.45, 7) is 9.89. The van der Waals surface area contributed by atoms with Gasteiger partial charge in [0, 0.05) is 42.9 Å². The van der Waals surface area contributed by atoms with Crippen molar-refractivity contribution < 1.29 is 24.1 Å². The SMILES string of the molecule is C.CC1(C)CC(C(O)(O)N2CC3CCCC3C2)CC(C)(C)O1.CNC(=O)c1cc(F)cc(/C(N)=C/C=C(N)N)c1. The Morgan fingerprint density at radius 1 is 1.02 bits per heavy atom. The summed E-state index contributed by atoms with van der Waals surface area (Å²) in [6.07, 6.45) is 8.02. The number of likely N-dealkylation sites (tertiary alicyclic amines) is 1. The first-order chi connectivity index (χ1) is 18.0. The maximum Gasteiger partial charge on any atom is 0.251 e. The standard InChI is InChI=1S/C17H31NO3.C12H15FN4O.CH4/c1-15(2)8-14(9-16(3,4)21-15)17(19,20)18-10-12-6-5-7-13(12)11-18;1-17-12(18)8-4-7(5-9(13)6-8)10(14)2-3-11(15)16;/h12-14,19-20H,5-11H2,1-4H3;2-6H,14-16H2,1H3,(H,17,18);1H4/b;10-2-;. The molecule has 10 heteroatoms. The number of carbonyl (C=O) groups is 1. The van der Waals surface area contributed by atoms with E-state index >= 15 is 0 Å². The summed E-state index contributed by atoms with van der Waals surface area (Å²) in [5, 5.41) is 24.2. The van der Waals surface area contributed by atoms with Crippen LogP contribution >= 0.6 is 0 Å². The average Bonchev–Trinajstić information content (AvgIpc) is 3.43. The molecule has 0 spiro atoms. The van der Waals surface area contributed by atoms with Gasteiger partial charge in [0.1, 0.15) is 5.82 Å². The van der Waals surface area contributed by atoms with Gasteiger partial charge in [0.05, 0.1) is 17.0 Å². The topological polar surface area (TPSA) is 160 Å². The predicted molar refractivity (Wildman–Crippen MR) is 157 cm³/mol. The molecule has 0 aromatic heterocycles. The molecule has 0 bridgehead atoms. The number of benzene rings is 1. The van der Waals surface area contributed by atoms with Crippen LogP contribution in [0.5, 0.6) is 0 Å². The van der Waals surface area contributed by atoms with Gasteiger partial charge in [-0.15, -0.1) is 0 Å². The van der Waals surface area contributed by atoms with E-state index in [2.05, 4.69) is 33.0 Å². The van der Waals surface area contributed by atoms with Gasteiger partial charge < -0.3 is 37.5 Å². The second-order valence-corrected chi connectivity index (χ2v) is 12.4. The van der Waals surface area contributed by atoms with Gasteiger partial charge in [0.15, 0.2) is 0 Å². The molecule has 4 rings (SSSR count). The van der Waals surface area contributed by atoms with Crippen molar-refractivity contribution in [1.29, 1.82) is 0 Å². The van der Waals surface area contributed by atoms with E-state index in [0.29, 0.717) is 30.2 Å². The molecule has 40 heavy (non-hydrogen) atoms. The second-order valence-electron chi connectivity index (χ2n) is 12.4. The summed E-state index contributed by atoms with van der Waals surface area (Å²) >= 11 is 0. The van der Waals surface area contributed by atoms with Crippen LogP contribution in [0.1, 0.15) is 83.1 Å².